The molecule has 3 nitrogen and oxygen atoms in total. The molecular formula is C17H20NO2P. The maximum Gasteiger partial charge on any atom is 0.395 e. The zero-order chi connectivity index (χ0) is 14.3. The fourth-order valence-electron chi connectivity index (χ4n) is 5.13. The molecule has 0 N–H and O–H groups in total. The van der Waals surface area contributed by atoms with Crippen molar-refractivity contribution < 1.29 is 9.09 Å². The predicted molar refractivity (Wildman–Crippen MR) is 83.2 cm³/mol. The quantitative estimate of drug-likeness (QED) is 0.599. The summed E-state index contributed by atoms with van der Waals surface area (Å²) in [5, 5.41) is 0. The van der Waals surface area contributed by atoms with Crippen LogP contribution in [-0.2, 0) is 4.57 Å². The van der Waals surface area contributed by atoms with Crippen LogP contribution in [-0.4, -0.2) is 11.8 Å². The molecule has 5 rings (SSSR count). The lowest BCUT2D eigenvalue weighted by atomic mass is 9.53. The molecule has 0 spiro atoms. The molecule has 4 aliphatic carbocycles. The van der Waals surface area contributed by atoms with Gasteiger partial charge in [0.2, 0.25) is 0 Å². The van der Waals surface area contributed by atoms with Gasteiger partial charge in [-0.3, -0.25) is 4.99 Å². The fraction of sp³-hybridized carbons (Fsp3) is 0.588. The summed E-state index contributed by atoms with van der Waals surface area (Å²) < 4.78 is 15.5. The van der Waals surface area contributed by atoms with Crippen LogP contribution in [0, 0.1) is 17.8 Å². The number of benzene rings is 1. The maximum absolute atomic E-state index is 10.5. The van der Waals surface area contributed by atoms with E-state index in [0.29, 0.717) is 5.75 Å². The van der Waals surface area contributed by atoms with Gasteiger partial charge in [-0.05, 0) is 74.0 Å². The lowest BCUT2D eigenvalue weighted by Gasteiger charge is -2.54. The number of rotatable bonds is 4. The molecule has 4 saturated carbocycles. The van der Waals surface area contributed by atoms with Crippen LogP contribution in [0.4, 0.5) is 0 Å². The molecule has 0 amide bonds. The van der Waals surface area contributed by atoms with Gasteiger partial charge < -0.3 is 4.52 Å². The minimum Gasteiger partial charge on any atom is -0.408 e. The highest BCUT2D eigenvalue weighted by molar-refractivity contribution is 7.17. The third kappa shape index (κ3) is 2.64. The smallest absolute Gasteiger partial charge is 0.395 e. The summed E-state index contributed by atoms with van der Waals surface area (Å²) in [6, 6.07) is 7.65. The van der Waals surface area contributed by atoms with Crippen LogP contribution in [0.2, 0.25) is 0 Å². The van der Waals surface area contributed by atoms with Crippen molar-refractivity contribution in [3.63, 3.8) is 0 Å². The van der Waals surface area contributed by atoms with Gasteiger partial charge >= 0.3 is 8.69 Å². The van der Waals surface area contributed by atoms with Crippen LogP contribution in [0.15, 0.2) is 29.3 Å². The molecule has 0 aliphatic heterocycles. The standard InChI is InChI=1S/C17H20NO2P/c19-21-20-16-3-1-2-12(7-16)11-18-17-8-13-4-14(9-17)6-15(5-13)10-17/h1-3,7,11,13-15H,4-6,8-10H2. The summed E-state index contributed by atoms with van der Waals surface area (Å²) in [6.07, 6.45) is 10.2. The van der Waals surface area contributed by atoms with Crippen molar-refractivity contribution >= 4 is 14.9 Å². The van der Waals surface area contributed by atoms with Crippen molar-refractivity contribution in [3.05, 3.63) is 29.8 Å². The summed E-state index contributed by atoms with van der Waals surface area (Å²) >= 11 is 0. The average molecular weight is 301 g/mol. The van der Waals surface area contributed by atoms with Gasteiger partial charge in [-0.25, -0.2) is 4.57 Å². The molecule has 110 valence electrons. The topological polar surface area (TPSA) is 38.7 Å². The number of hydrogen-bond donors (Lipinski definition) is 0. The molecule has 0 heterocycles. The normalized spacial score (nSPS) is 37.4. The molecule has 4 heteroatoms. The highest BCUT2D eigenvalue weighted by Crippen LogP contribution is 2.57. The first-order valence-electron chi connectivity index (χ1n) is 7.90. The number of nitrogens with zero attached hydrogens (tertiary/aromatic N) is 1. The van der Waals surface area contributed by atoms with Crippen LogP contribution in [0.1, 0.15) is 44.1 Å². The number of aliphatic imine (C=N–C) groups is 1. The molecular weight excluding hydrogens is 281 g/mol. The van der Waals surface area contributed by atoms with Crippen molar-refractivity contribution in [3.8, 4) is 5.75 Å². The van der Waals surface area contributed by atoms with E-state index in [2.05, 4.69) is 0 Å². The molecule has 1 aromatic carbocycles. The highest BCUT2D eigenvalue weighted by Gasteiger charge is 2.50. The van der Waals surface area contributed by atoms with Gasteiger partial charge in [-0.15, -0.1) is 0 Å². The van der Waals surface area contributed by atoms with Gasteiger partial charge in [0.25, 0.3) is 0 Å². The first-order valence-corrected chi connectivity index (χ1v) is 8.63. The summed E-state index contributed by atoms with van der Waals surface area (Å²) in [5.41, 5.74) is 1.24. The van der Waals surface area contributed by atoms with E-state index in [1.807, 2.05) is 30.5 Å². The van der Waals surface area contributed by atoms with Gasteiger partial charge in [0.1, 0.15) is 5.75 Å². The van der Waals surface area contributed by atoms with Gasteiger partial charge in [0.05, 0.1) is 5.54 Å². The van der Waals surface area contributed by atoms with Crippen LogP contribution < -0.4 is 4.52 Å². The highest BCUT2D eigenvalue weighted by atomic mass is 31.1. The van der Waals surface area contributed by atoms with E-state index < -0.39 is 0 Å². The summed E-state index contributed by atoms with van der Waals surface area (Å²) in [5.74, 6) is 3.38. The molecule has 4 bridgehead atoms. The predicted octanol–water partition coefficient (Wildman–Crippen LogP) is 4.66. The Morgan fingerprint density at radius 1 is 1.14 bits per heavy atom. The molecule has 1 aromatic rings. The molecule has 0 atom stereocenters. The minimum atomic E-state index is -0.310. The van der Waals surface area contributed by atoms with E-state index in [0.717, 1.165) is 23.3 Å². The Labute approximate surface area is 127 Å². The lowest BCUT2D eigenvalue weighted by molar-refractivity contribution is 0.00195. The van der Waals surface area contributed by atoms with Crippen LogP contribution in [0.5, 0.6) is 5.75 Å². The van der Waals surface area contributed by atoms with Crippen molar-refractivity contribution in [2.24, 2.45) is 22.7 Å². The Kier molecular flexibility index (Phi) is 3.34. The van der Waals surface area contributed by atoms with E-state index in [9.17, 15) is 4.57 Å². The fourth-order valence-corrected chi connectivity index (χ4v) is 5.33. The van der Waals surface area contributed by atoms with Gasteiger partial charge in [0.15, 0.2) is 0 Å². The SMILES string of the molecule is O=POc1cccc(C=NC23CC4CC(CC(C4)C2)C3)c1. The van der Waals surface area contributed by atoms with Gasteiger partial charge in [-0.1, -0.05) is 12.1 Å². The zero-order valence-electron chi connectivity index (χ0n) is 12.1. The molecule has 0 aromatic heterocycles. The Hall–Kier alpha value is -1.21. The number of hydrogen-bond acceptors (Lipinski definition) is 3. The second-order valence-corrected chi connectivity index (χ2v) is 7.47. The van der Waals surface area contributed by atoms with E-state index in [-0.39, 0.29) is 14.2 Å². The summed E-state index contributed by atoms with van der Waals surface area (Å²) in [6.45, 7) is 0. The second kappa shape index (κ2) is 5.21. The Morgan fingerprint density at radius 2 is 1.81 bits per heavy atom. The van der Waals surface area contributed by atoms with Crippen molar-refractivity contribution in [2.75, 3.05) is 0 Å². The molecule has 21 heavy (non-hydrogen) atoms. The molecule has 4 fully saturated rings. The zero-order valence-corrected chi connectivity index (χ0v) is 13.0. The summed E-state index contributed by atoms with van der Waals surface area (Å²) in [4.78, 5) is 5.03. The molecule has 0 unspecified atom stereocenters. The van der Waals surface area contributed by atoms with Crippen molar-refractivity contribution in [1.82, 2.24) is 0 Å². The van der Waals surface area contributed by atoms with E-state index in [4.69, 9.17) is 9.52 Å². The monoisotopic (exact) mass is 301 g/mol. The average Bonchev–Trinajstić information content (AvgIpc) is 2.45. The van der Waals surface area contributed by atoms with Gasteiger partial charge in [0, 0.05) is 6.21 Å². The lowest BCUT2D eigenvalue weighted by Crippen LogP contribution is -2.49. The maximum atomic E-state index is 10.5. The first-order chi connectivity index (χ1) is 10.2. The Bertz CT molecular complexity index is 549. The largest absolute Gasteiger partial charge is 0.408 e. The van der Waals surface area contributed by atoms with E-state index in [1.165, 1.54) is 38.5 Å². The molecule has 4 aliphatic rings. The van der Waals surface area contributed by atoms with Crippen LogP contribution >= 0.6 is 8.69 Å². The third-order valence-electron chi connectivity index (χ3n) is 5.49. The van der Waals surface area contributed by atoms with Crippen LogP contribution in [0.3, 0.4) is 0 Å². The second-order valence-electron chi connectivity index (χ2n) is 7.14. The van der Waals surface area contributed by atoms with Crippen LogP contribution in [0.25, 0.3) is 0 Å². The Morgan fingerprint density at radius 3 is 2.43 bits per heavy atom. The summed E-state index contributed by atoms with van der Waals surface area (Å²) in [7, 11) is -0.310. The first kappa shape index (κ1) is 13.5. The minimum absolute atomic E-state index is 0.211. The van der Waals surface area contributed by atoms with E-state index in [1.54, 1.807) is 0 Å². The third-order valence-corrected chi connectivity index (χ3v) is 5.78. The van der Waals surface area contributed by atoms with Gasteiger partial charge in [-0.2, -0.15) is 0 Å². The molecule has 0 radical (unpaired) electrons. The van der Waals surface area contributed by atoms with E-state index >= 15 is 0 Å². The van der Waals surface area contributed by atoms with Crippen molar-refractivity contribution in [1.29, 1.82) is 0 Å². The Balaban J connectivity index is 1.55. The van der Waals surface area contributed by atoms with Crippen molar-refractivity contribution in [2.45, 2.75) is 44.1 Å². The molecule has 0 saturated heterocycles.